The number of hydrogen-bond donors (Lipinski definition) is 2. The summed E-state index contributed by atoms with van der Waals surface area (Å²) in [5.41, 5.74) is 0.820. The summed E-state index contributed by atoms with van der Waals surface area (Å²) in [5, 5.41) is 12.8. The van der Waals surface area contributed by atoms with E-state index in [0.717, 1.165) is 5.69 Å². The van der Waals surface area contributed by atoms with Crippen molar-refractivity contribution in [2.24, 2.45) is 7.05 Å². The van der Waals surface area contributed by atoms with Crippen molar-refractivity contribution in [2.75, 3.05) is 6.54 Å². The quantitative estimate of drug-likeness (QED) is 0.727. The third kappa shape index (κ3) is 2.25. The van der Waals surface area contributed by atoms with Crippen molar-refractivity contribution < 1.29 is 4.79 Å². The summed E-state index contributed by atoms with van der Waals surface area (Å²) in [5.74, 6) is 0.219. The smallest absolute Gasteiger partial charge is 0.287 e. The first-order chi connectivity index (χ1) is 7.77. The molecule has 2 aromatic heterocycles. The van der Waals surface area contributed by atoms with E-state index in [2.05, 4.69) is 25.7 Å². The first-order valence-electron chi connectivity index (χ1n) is 4.87. The Hall–Kier alpha value is -2.18. The number of hydrogen-bond acceptors (Lipinski definition) is 4. The maximum atomic E-state index is 11.6. The van der Waals surface area contributed by atoms with Crippen LogP contribution in [0.4, 0.5) is 0 Å². The Morgan fingerprint density at radius 1 is 1.62 bits per heavy atom. The molecule has 7 nitrogen and oxygen atoms in total. The van der Waals surface area contributed by atoms with E-state index in [0.29, 0.717) is 18.8 Å². The molecule has 0 spiro atoms. The van der Waals surface area contributed by atoms with Crippen molar-refractivity contribution in [1.29, 1.82) is 0 Å². The molecule has 0 bridgehead atoms. The summed E-state index contributed by atoms with van der Waals surface area (Å²) in [6, 6.07) is 0. The van der Waals surface area contributed by atoms with Crippen LogP contribution in [-0.4, -0.2) is 37.4 Å². The zero-order chi connectivity index (χ0) is 11.4. The number of rotatable bonds is 4. The molecule has 0 aromatic carbocycles. The summed E-state index contributed by atoms with van der Waals surface area (Å²) in [6.07, 6.45) is 5.60. The molecule has 0 aliphatic carbocycles. The summed E-state index contributed by atoms with van der Waals surface area (Å²) in [4.78, 5) is 15.6. The molecule has 0 fully saturated rings. The van der Waals surface area contributed by atoms with E-state index in [9.17, 15) is 4.79 Å². The number of imidazole rings is 1. The van der Waals surface area contributed by atoms with E-state index < -0.39 is 0 Å². The standard InChI is InChI=1S/C9H12N6O/c1-15-5-4-10-8(15)9(16)11-3-2-7-6-12-14-13-7/h4-6H,2-3H2,1H3,(H,11,16)(H,12,13,14). The lowest BCUT2D eigenvalue weighted by Gasteiger charge is -2.03. The molecule has 7 heteroatoms. The van der Waals surface area contributed by atoms with Gasteiger partial charge in [0.15, 0.2) is 5.82 Å². The van der Waals surface area contributed by atoms with Gasteiger partial charge in [-0.05, 0) is 0 Å². The van der Waals surface area contributed by atoms with Gasteiger partial charge in [-0.3, -0.25) is 4.79 Å². The van der Waals surface area contributed by atoms with E-state index >= 15 is 0 Å². The number of amides is 1. The Labute approximate surface area is 91.9 Å². The van der Waals surface area contributed by atoms with E-state index in [4.69, 9.17) is 0 Å². The minimum Gasteiger partial charge on any atom is -0.349 e. The molecule has 2 aromatic rings. The zero-order valence-corrected chi connectivity index (χ0v) is 8.84. The summed E-state index contributed by atoms with van der Waals surface area (Å²) in [6.45, 7) is 0.512. The Balaban J connectivity index is 1.83. The Morgan fingerprint density at radius 2 is 2.50 bits per heavy atom. The second kappa shape index (κ2) is 4.56. The Morgan fingerprint density at radius 3 is 3.12 bits per heavy atom. The maximum Gasteiger partial charge on any atom is 0.287 e. The number of carbonyl (C=O) groups is 1. The molecule has 16 heavy (non-hydrogen) atoms. The monoisotopic (exact) mass is 220 g/mol. The van der Waals surface area contributed by atoms with E-state index in [1.165, 1.54) is 0 Å². The maximum absolute atomic E-state index is 11.6. The number of nitrogens with one attached hydrogen (secondary N) is 2. The molecule has 0 saturated carbocycles. The highest BCUT2D eigenvalue weighted by Gasteiger charge is 2.09. The van der Waals surface area contributed by atoms with Gasteiger partial charge >= 0.3 is 0 Å². The van der Waals surface area contributed by atoms with Gasteiger partial charge in [0.05, 0.1) is 11.9 Å². The highest BCUT2D eigenvalue weighted by molar-refractivity contribution is 5.90. The Kier molecular flexibility index (Phi) is 2.95. The average Bonchev–Trinajstić information content (AvgIpc) is 2.88. The van der Waals surface area contributed by atoms with E-state index in [1.807, 2.05) is 0 Å². The predicted octanol–water partition coefficient (Wildman–Crippen LogP) is -0.489. The van der Waals surface area contributed by atoms with Crippen molar-refractivity contribution in [2.45, 2.75) is 6.42 Å². The summed E-state index contributed by atoms with van der Waals surface area (Å²) < 4.78 is 1.67. The van der Waals surface area contributed by atoms with Crippen LogP contribution in [0.5, 0.6) is 0 Å². The Bertz CT molecular complexity index is 460. The molecule has 2 N–H and O–H groups in total. The van der Waals surface area contributed by atoms with Crippen LogP contribution in [0.15, 0.2) is 18.6 Å². The molecule has 1 amide bonds. The van der Waals surface area contributed by atoms with Crippen LogP contribution in [0.1, 0.15) is 16.3 Å². The zero-order valence-electron chi connectivity index (χ0n) is 8.84. The van der Waals surface area contributed by atoms with Crippen LogP contribution >= 0.6 is 0 Å². The third-order valence-corrected chi connectivity index (χ3v) is 2.16. The van der Waals surface area contributed by atoms with Gasteiger partial charge in [-0.1, -0.05) is 0 Å². The van der Waals surface area contributed by atoms with Crippen LogP contribution in [-0.2, 0) is 13.5 Å². The molecule has 2 rings (SSSR count). The minimum absolute atomic E-state index is 0.184. The number of aromatic nitrogens is 5. The van der Waals surface area contributed by atoms with Crippen LogP contribution < -0.4 is 5.32 Å². The lowest BCUT2D eigenvalue weighted by molar-refractivity contribution is 0.0940. The predicted molar refractivity (Wildman–Crippen MR) is 55.6 cm³/mol. The second-order valence-electron chi connectivity index (χ2n) is 3.33. The van der Waals surface area contributed by atoms with Crippen LogP contribution in [0.25, 0.3) is 0 Å². The minimum atomic E-state index is -0.184. The number of aromatic amines is 1. The summed E-state index contributed by atoms with van der Waals surface area (Å²) >= 11 is 0. The molecule has 0 aliphatic heterocycles. The topological polar surface area (TPSA) is 88.5 Å². The molecule has 2 heterocycles. The fourth-order valence-electron chi connectivity index (χ4n) is 1.31. The lowest BCUT2D eigenvalue weighted by Crippen LogP contribution is -2.28. The fourth-order valence-corrected chi connectivity index (χ4v) is 1.31. The van der Waals surface area contributed by atoms with Gasteiger partial charge in [0, 0.05) is 32.4 Å². The van der Waals surface area contributed by atoms with Crippen molar-refractivity contribution in [3.63, 3.8) is 0 Å². The number of H-pyrrole nitrogens is 1. The van der Waals surface area contributed by atoms with Crippen LogP contribution in [0.2, 0.25) is 0 Å². The third-order valence-electron chi connectivity index (χ3n) is 2.16. The van der Waals surface area contributed by atoms with Crippen molar-refractivity contribution >= 4 is 5.91 Å². The average molecular weight is 220 g/mol. The number of aryl methyl sites for hydroxylation is 1. The molecular weight excluding hydrogens is 208 g/mol. The van der Waals surface area contributed by atoms with Crippen LogP contribution in [0, 0.1) is 0 Å². The fraction of sp³-hybridized carbons (Fsp3) is 0.333. The van der Waals surface area contributed by atoms with Gasteiger partial charge < -0.3 is 9.88 Å². The highest BCUT2D eigenvalue weighted by atomic mass is 16.2. The largest absolute Gasteiger partial charge is 0.349 e. The molecule has 0 unspecified atom stereocenters. The number of carbonyl (C=O) groups excluding carboxylic acids is 1. The SMILES string of the molecule is Cn1ccnc1C(=O)NCCc1cn[nH]n1. The van der Waals surface area contributed by atoms with Crippen LogP contribution in [0.3, 0.4) is 0 Å². The van der Waals surface area contributed by atoms with Gasteiger partial charge in [-0.25, -0.2) is 4.98 Å². The highest BCUT2D eigenvalue weighted by Crippen LogP contribution is 1.94. The first kappa shape index (κ1) is 10.3. The molecule has 0 radical (unpaired) electrons. The van der Waals surface area contributed by atoms with E-state index in [-0.39, 0.29) is 5.91 Å². The van der Waals surface area contributed by atoms with Crippen molar-refractivity contribution in [3.8, 4) is 0 Å². The molecule has 0 saturated heterocycles. The first-order valence-corrected chi connectivity index (χ1v) is 4.87. The van der Waals surface area contributed by atoms with Crippen molar-refractivity contribution in [3.05, 3.63) is 30.1 Å². The molecular formula is C9H12N6O. The van der Waals surface area contributed by atoms with Gasteiger partial charge in [0.2, 0.25) is 0 Å². The second-order valence-corrected chi connectivity index (χ2v) is 3.33. The lowest BCUT2D eigenvalue weighted by atomic mass is 10.3. The molecule has 0 aliphatic rings. The number of nitrogens with zero attached hydrogens (tertiary/aromatic N) is 4. The molecule has 84 valence electrons. The van der Waals surface area contributed by atoms with Gasteiger partial charge in [-0.2, -0.15) is 15.4 Å². The van der Waals surface area contributed by atoms with Gasteiger partial charge in [0.25, 0.3) is 5.91 Å². The van der Waals surface area contributed by atoms with Gasteiger partial charge in [-0.15, -0.1) is 0 Å². The van der Waals surface area contributed by atoms with E-state index in [1.54, 1.807) is 30.2 Å². The molecule has 0 atom stereocenters. The van der Waals surface area contributed by atoms with Crippen molar-refractivity contribution in [1.82, 2.24) is 30.3 Å². The van der Waals surface area contributed by atoms with Gasteiger partial charge in [0.1, 0.15) is 0 Å². The normalized spacial score (nSPS) is 10.3. The summed E-state index contributed by atoms with van der Waals surface area (Å²) in [7, 11) is 1.78.